The van der Waals surface area contributed by atoms with Crippen LogP contribution in [0, 0.1) is 0 Å². The molecule has 94 valence electrons. The van der Waals surface area contributed by atoms with Crippen molar-refractivity contribution in [1.29, 1.82) is 0 Å². The van der Waals surface area contributed by atoms with E-state index in [9.17, 15) is 14.0 Å². The maximum absolute atomic E-state index is 13.7. The zero-order valence-electron chi connectivity index (χ0n) is 10.5. The summed E-state index contributed by atoms with van der Waals surface area (Å²) in [6, 6.07) is 0. The summed E-state index contributed by atoms with van der Waals surface area (Å²) >= 11 is 0. The smallest absolute Gasteiger partial charge is 0.232 e. The van der Waals surface area contributed by atoms with Gasteiger partial charge in [0, 0.05) is 11.1 Å². The molecular weight excluding hydrogens is 219 g/mol. The molecule has 0 saturated heterocycles. The van der Waals surface area contributed by atoms with E-state index < -0.39 is 17.4 Å². The molecule has 0 heterocycles. The first-order valence-electron chi connectivity index (χ1n) is 6.30. The minimum absolute atomic E-state index is 0.0668. The Balaban J connectivity index is 2.87. The number of halogens is 1. The average molecular weight is 238 g/mol. The van der Waals surface area contributed by atoms with E-state index in [4.69, 9.17) is 0 Å². The Bertz CT molecular complexity index is 378. The van der Waals surface area contributed by atoms with Gasteiger partial charge in [-0.25, -0.2) is 4.39 Å². The third-order valence-electron chi connectivity index (χ3n) is 2.94. The summed E-state index contributed by atoms with van der Waals surface area (Å²) in [6.45, 7) is 3.96. The first kappa shape index (κ1) is 13.8. The van der Waals surface area contributed by atoms with Crippen LogP contribution < -0.4 is 0 Å². The highest BCUT2D eigenvalue weighted by Crippen LogP contribution is 2.26. The van der Waals surface area contributed by atoms with Crippen LogP contribution in [-0.4, -0.2) is 11.6 Å². The van der Waals surface area contributed by atoms with E-state index in [1.165, 1.54) is 6.08 Å². The molecule has 17 heavy (non-hydrogen) atoms. The molecule has 0 aromatic carbocycles. The van der Waals surface area contributed by atoms with Gasteiger partial charge in [-0.2, -0.15) is 0 Å². The number of unbranched alkanes of at least 4 members (excludes halogenated alkanes) is 2. The van der Waals surface area contributed by atoms with Gasteiger partial charge in [-0.15, -0.1) is 0 Å². The molecule has 0 amide bonds. The average Bonchev–Trinajstić information content (AvgIpc) is 2.32. The molecule has 0 fully saturated rings. The zero-order chi connectivity index (χ0) is 12.8. The van der Waals surface area contributed by atoms with E-state index >= 15 is 0 Å². The van der Waals surface area contributed by atoms with Crippen molar-refractivity contribution in [3.63, 3.8) is 0 Å². The fourth-order valence-electron chi connectivity index (χ4n) is 1.84. The molecule has 0 aromatic heterocycles. The van der Waals surface area contributed by atoms with Crippen LogP contribution >= 0.6 is 0 Å². The summed E-state index contributed by atoms with van der Waals surface area (Å²) in [4.78, 5) is 23.5. The second-order valence-electron chi connectivity index (χ2n) is 4.36. The number of carbonyl (C=O) groups is 2. The van der Waals surface area contributed by atoms with Crippen LogP contribution in [0.25, 0.3) is 0 Å². The number of Topliss-reactive ketones (excluding diaryl/α,β-unsaturated/α-hetero) is 2. The highest BCUT2D eigenvalue weighted by molar-refractivity contribution is 6.50. The van der Waals surface area contributed by atoms with Crippen molar-refractivity contribution in [3.8, 4) is 0 Å². The first-order chi connectivity index (χ1) is 8.11. The van der Waals surface area contributed by atoms with Crippen molar-refractivity contribution in [2.45, 2.75) is 52.4 Å². The van der Waals surface area contributed by atoms with Gasteiger partial charge in [0.15, 0.2) is 0 Å². The molecular formula is C14H19FO2. The lowest BCUT2D eigenvalue weighted by atomic mass is 9.89. The largest absolute Gasteiger partial charge is 0.285 e. The Hall–Kier alpha value is -1.25. The molecule has 0 atom stereocenters. The number of carbonyl (C=O) groups excluding carboxylic acids is 2. The second-order valence-corrected chi connectivity index (χ2v) is 4.36. The van der Waals surface area contributed by atoms with E-state index in [2.05, 4.69) is 0 Å². The molecule has 1 aliphatic carbocycles. The van der Waals surface area contributed by atoms with E-state index in [1.807, 2.05) is 13.8 Å². The van der Waals surface area contributed by atoms with Crippen molar-refractivity contribution >= 4 is 11.6 Å². The van der Waals surface area contributed by atoms with E-state index in [-0.39, 0.29) is 5.57 Å². The van der Waals surface area contributed by atoms with Gasteiger partial charge < -0.3 is 0 Å². The number of hydrogen-bond acceptors (Lipinski definition) is 2. The fraction of sp³-hybridized carbons (Fsp3) is 0.571. The molecule has 2 nitrogen and oxygen atoms in total. The lowest BCUT2D eigenvalue weighted by Gasteiger charge is -2.13. The summed E-state index contributed by atoms with van der Waals surface area (Å²) < 4.78 is 13.7. The molecule has 1 aliphatic rings. The fourth-order valence-corrected chi connectivity index (χ4v) is 1.84. The number of ketones is 2. The standard InChI is InChI=1S/C14H19FO2/c1-3-5-7-10-9-12(15)11(8-6-4-2)14(17)13(10)16/h9H,3-8H2,1-2H3. The van der Waals surface area contributed by atoms with Crippen molar-refractivity contribution in [1.82, 2.24) is 0 Å². The number of allylic oxidation sites excluding steroid dienone is 4. The third-order valence-corrected chi connectivity index (χ3v) is 2.94. The van der Waals surface area contributed by atoms with E-state index in [0.717, 1.165) is 25.7 Å². The minimum atomic E-state index is -0.635. The van der Waals surface area contributed by atoms with Crippen LogP contribution in [-0.2, 0) is 9.59 Å². The van der Waals surface area contributed by atoms with Gasteiger partial charge in [0.05, 0.1) is 0 Å². The van der Waals surface area contributed by atoms with Crippen LogP contribution in [0.15, 0.2) is 23.0 Å². The summed E-state index contributed by atoms with van der Waals surface area (Å²) in [5.41, 5.74) is 0.395. The van der Waals surface area contributed by atoms with Crippen molar-refractivity contribution < 1.29 is 14.0 Å². The Morgan fingerprint density at radius 3 is 2.18 bits per heavy atom. The molecule has 0 saturated carbocycles. The summed E-state index contributed by atoms with van der Waals surface area (Å²) in [5.74, 6) is -1.65. The van der Waals surface area contributed by atoms with Gasteiger partial charge in [-0.1, -0.05) is 26.7 Å². The Labute approximate surface area is 102 Å². The van der Waals surface area contributed by atoms with Gasteiger partial charge in [-0.05, 0) is 31.8 Å². The molecule has 0 bridgehead atoms. The van der Waals surface area contributed by atoms with Gasteiger partial charge in [0.2, 0.25) is 11.6 Å². The minimum Gasteiger partial charge on any atom is -0.285 e. The molecule has 3 heteroatoms. The quantitative estimate of drug-likeness (QED) is 0.522. The van der Waals surface area contributed by atoms with Crippen molar-refractivity contribution in [2.75, 3.05) is 0 Å². The number of hydrogen-bond donors (Lipinski definition) is 0. The van der Waals surface area contributed by atoms with E-state index in [1.54, 1.807) is 0 Å². The summed E-state index contributed by atoms with van der Waals surface area (Å²) in [5, 5.41) is 0. The van der Waals surface area contributed by atoms with Gasteiger partial charge >= 0.3 is 0 Å². The van der Waals surface area contributed by atoms with Crippen molar-refractivity contribution in [2.24, 2.45) is 0 Å². The molecule has 0 aliphatic heterocycles. The third kappa shape index (κ3) is 3.35. The predicted octanol–water partition coefficient (Wildman–Crippen LogP) is 3.67. The highest BCUT2D eigenvalue weighted by Gasteiger charge is 2.29. The van der Waals surface area contributed by atoms with Gasteiger partial charge in [-0.3, -0.25) is 9.59 Å². The number of rotatable bonds is 6. The van der Waals surface area contributed by atoms with Crippen LogP contribution in [0.5, 0.6) is 0 Å². The maximum atomic E-state index is 13.7. The zero-order valence-corrected chi connectivity index (χ0v) is 10.5. The highest BCUT2D eigenvalue weighted by atomic mass is 19.1. The molecule has 0 N–H and O–H groups in total. The van der Waals surface area contributed by atoms with E-state index in [0.29, 0.717) is 18.4 Å². The molecule has 1 rings (SSSR count). The van der Waals surface area contributed by atoms with Crippen LogP contribution in [0.1, 0.15) is 52.4 Å². The monoisotopic (exact) mass is 238 g/mol. The van der Waals surface area contributed by atoms with Gasteiger partial charge in [0.25, 0.3) is 0 Å². The second kappa shape index (κ2) is 6.48. The van der Waals surface area contributed by atoms with Crippen molar-refractivity contribution in [3.05, 3.63) is 23.0 Å². The summed E-state index contributed by atoms with van der Waals surface area (Å²) in [6.07, 6.45) is 5.46. The SMILES string of the molecule is CCCCC1=CC(F)=C(CCCC)C(=O)C1=O. The molecule has 0 unspecified atom stereocenters. The predicted molar refractivity (Wildman–Crippen MR) is 65.3 cm³/mol. The Morgan fingerprint density at radius 1 is 1.00 bits per heavy atom. The van der Waals surface area contributed by atoms with Crippen LogP contribution in [0.3, 0.4) is 0 Å². The Kier molecular flexibility index (Phi) is 5.26. The molecule has 0 aromatic rings. The molecule has 0 radical (unpaired) electrons. The van der Waals surface area contributed by atoms with Crippen LogP contribution in [0.2, 0.25) is 0 Å². The van der Waals surface area contributed by atoms with Crippen LogP contribution in [0.4, 0.5) is 4.39 Å². The molecule has 0 spiro atoms. The van der Waals surface area contributed by atoms with Gasteiger partial charge in [0.1, 0.15) is 5.83 Å². The Morgan fingerprint density at radius 2 is 1.59 bits per heavy atom. The lowest BCUT2D eigenvalue weighted by molar-refractivity contribution is -0.132. The summed E-state index contributed by atoms with van der Waals surface area (Å²) in [7, 11) is 0. The normalized spacial score (nSPS) is 16.5. The first-order valence-corrected chi connectivity index (χ1v) is 6.30. The topological polar surface area (TPSA) is 34.1 Å². The lowest BCUT2D eigenvalue weighted by Crippen LogP contribution is -2.23. The maximum Gasteiger partial charge on any atom is 0.232 e.